The van der Waals surface area contributed by atoms with Gasteiger partial charge in [0.15, 0.2) is 5.16 Å². The third-order valence-corrected chi connectivity index (χ3v) is 6.22. The zero-order valence-electron chi connectivity index (χ0n) is 15.1. The van der Waals surface area contributed by atoms with Crippen molar-refractivity contribution in [2.75, 3.05) is 11.9 Å². The smallest absolute Gasteiger partial charge is 0.344 e. The van der Waals surface area contributed by atoms with Gasteiger partial charge in [0.1, 0.15) is 0 Å². The Bertz CT molecular complexity index is 1010. The van der Waals surface area contributed by atoms with Crippen molar-refractivity contribution >= 4 is 33.4 Å². The number of hydrogen-bond donors (Lipinski definition) is 3. The number of hydrogen-bond acceptors (Lipinski definition) is 7. The molecule has 1 saturated heterocycles. The van der Waals surface area contributed by atoms with Gasteiger partial charge in [-0.15, -0.1) is 5.10 Å². The normalized spacial score (nSPS) is 18.1. The van der Waals surface area contributed by atoms with Crippen molar-refractivity contribution in [3.8, 4) is 0 Å². The number of sulfonamides is 1. The van der Waals surface area contributed by atoms with E-state index in [0.29, 0.717) is 24.0 Å². The molecule has 0 saturated carbocycles. The summed E-state index contributed by atoms with van der Waals surface area (Å²) in [5.74, 6) is -0.365. The molecule has 1 aliphatic rings. The Balaban J connectivity index is 1.67. The third-order valence-electron chi connectivity index (χ3n) is 4.21. The van der Waals surface area contributed by atoms with Gasteiger partial charge in [0, 0.05) is 12.3 Å². The Hall–Kier alpha value is -2.15. The number of nitrogens with two attached hydrogens (primary N) is 1. The largest absolute Gasteiger partial charge is 0.376 e. The van der Waals surface area contributed by atoms with Crippen molar-refractivity contribution < 1.29 is 17.9 Å². The molecule has 1 fully saturated rings. The SMILES string of the molecule is CC(Sc1n[nH]c(=O)n1CC1CCCO1)C(=O)Nc1cccc(S(N)(=O)=O)c1. The summed E-state index contributed by atoms with van der Waals surface area (Å²) in [5, 5.41) is 13.9. The van der Waals surface area contributed by atoms with Crippen LogP contribution in [0.5, 0.6) is 0 Å². The van der Waals surface area contributed by atoms with E-state index in [4.69, 9.17) is 9.88 Å². The van der Waals surface area contributed by atoms with Crippen LogP contribution in [0, 0.1) is 0 Å². The lowest BCUT2D eigenvalue weighted by Crippen LogP contribution is -2.27. The molecule has 0 spiro atoms. The number of benzene rings is 1. The van der Waals surface area contributed by atoms with Gasteiger partial charge >= 0.3 is 5.69 Å². The number of amides is 1. The molecule has 0 bridgehead atoms. The monoisotopic (exact) mass is 427 g/mol. The summed E-state index contributed by atoms with van der Waals surface area (Å²) in [4.78, 5) is 24.4. The Morgan fingerprint density at radius 1 is 1.54 bits per heavy atom. The lowest BCUT2D eigenvalue weighted by atomic mass is 10.2. The van der Waals surface area contributed by atoms with Crippen LogP contribution < -0.4 is 16.1 Å². The lowest BCUT2D eigenvalue weighted by molar-refractivity contribution is -0.115. The maximum absolute atomic E-state index is 12.5. The number of carbonyl (C=O) groups is 1. The average Bonchev–Trinajstić information content (AvgIpc) is 3.26. The molecule has 2 atom stereocenters. The molecule has 0 aliphatic carbocycles. The van der Waals surface area contributed by atoms with Gasteiger partial charge in [0.2, 0.25) is 15.9 Å². The highest BCUT2D eigenvalue weighted by atomic mass is 32.2. The molecule has 152 valence electrons. The van der Waals surface area contributed by atoms with Crippen LogP contribution in [-0.2, 0) is 26.1 Å². The second kappa shape index (κ2) is 8.47. The van der Waals surface area contributed by atoms with Gasteiger partial charge in [-0.25, -0.2) is 23.4 Å². The van der Waals surface area contributed by atoms with Crippen LogP contribution in [-0.4, -0.2) is 47.1 Å². The van der Waals surface area contributed by atoms with Gasteiger partial charge in [-0.3, -0.25) is 9.36 Å². The minimum atomic E-state index is -3.86. The molecule has 2 heterocycles. The molecule has 1 amide bonds. The van der Waals surface area contributed by atoms with E-state index in [2.05, 4.69) is 15.5 Å². The summed E-state index contributed by atoms with van der Waals surface area (Å²) in [6.45, 7) is 2.72. The maximum Gasteiger partial charge on any atom is 0.344 e. The van der Waals surface area contributed by atoms with E-state index < -0.39 is 15.3 Å². The van der Waals surface area contributed by atoms with E-state index in [-0.39, 0.29) is 22.6 Å². The summed E-state index contributed by atoms with van der Waals surface area (Å²) >= 11 is 1.12. The summed E-state index contributed by atoms with van der Waals surface area (Å²) in [6, 6.07) is 5.68. The average molecular weight is 428 g/mol. The molecule has 12 heteroatoms. The topological polar surface area (TPSA) is 149 Å². The fraction of sp³-hybridized carbons (Fsp3) is 0.438. The molecule has 10 nitrogen and oxygen atoms in total. The summed E-state index contributed by atoms with van der Waals surface area (Å²) in [5.41, 5.74) is -0.0470. The predicted molar refractivity (Wildman–Crippen MR) is 104 cm³/mol. The van der Waals surface area contributed by atoms with Gasteiger partial charge < -0.3 is 10.1 Å². The fourth-order valence-corrected chi connectivity index (χ4v) is 4.18. The zero-order valence-corrected chi connectivity index (χ0v) is 16.8. The minimum Gasteiger partial charge on any atom is -0.376 e. The van der Waals surface area contributed by atoms with Crippen molar-refractivity contribution in [1.82, 2.24) is 14.8 Å². The van der Waals surface area contributed by atoms with E-state index in [9.17, 15) is 18.0 Å². The standard InChI is InChI=1S/C16H21N5O5S2/c1-10(14(22)18-11-4-2-6-13(8-11)28(17,24)25)27-16-20-19-15(23)21(16)9-12-5-3-7-26-12/h2,4,6,8,10,12H,3,5,7,9H2,1H3,(H,18,22)(H,19,23)(H2,17,24,25). The maximum atomic E-state index is 12.5. The first-order valence-electron chi connectivity index (χ1n) is 8.61. The number of rotatable bonds is 7. The van der Waals surface area contributed by atoms with Crippen LogP contribution in [0.15, 0.2) is 39.1 Å². The first kappa shape index (κ1) is 20.6. The number of H-pyrrole nitrogens is 1. The molecule has 2 unspecified atom stereocenters. The number of nitrogens with zero attached hydrogens (tertiary/aromatic N) is 2. The van der Waals surface area contributed by atoms with Crippen LogP contribution >= 0.6 is 11.8 Å². The number of nitrogens with one attached hydrogen (secondary N) is 2. The highest BCUT2D eigenvalue weighted by Crippen LogP contribution is 2.23. The molecule has 4 N–H and O–H groups in total. The highest BCUT2D eigenvalue weighted by molar-refractivity contribution is 8.00. The van der Waals surface area contributed by atoms with Gasteiger partial charge in [0.05, 0.1) is 22.8 Å². The van der Waals surface area contributed by atoms with Gasteiger partial charge in [-0.05, 0) is 38.0 Å². The van der Waals surface area contributed by atoms with Gasteiger partial charge in [-0.1, -0.05) is 17.8 Å². The fourth-order valence-electron chi connectivity index (χ4n) is 2.75. The summed E-state index contributed by atoms with van der Waals surface area (Å²) in [6.07, 6.45) is 1.79. The molecular formula is C16H21N5O5S2. The molecule has 1 aliphatic heterocycles. The molecule has 1 aromatic carbocycles. The summed E-state index contributed by atoms with van der Waals surface area (Å²) in [7, 11) is -3.86. The number of aromatic amines is 1. The Morgan fingerprint density at radius 3 is 3.00 bits per heavy atom. The van der Waals surface area contributed by atoms with Gasteiger partial charge in [0.25, 0.3) is 0 Å². The second-order valence-corrected chi connectivity index (χ2v) is 9.25. The minimum absolute atomic E-state index is 0.0419. The van der Waals surface area contributed by atoms with Crippen molar-refractivity contribution in [2.45, 2.75) is 47.7 Å². The van der Waals surface area contributed by atoms with E-state index in [1.807, 2.05) is 0 Å². The van der Waals surface area contributed by atoms with Crippen LogP contribution in [0.3, 0.4) is 0 Å². The molecule has 1 aromatic heterocycles. The first-order valence-corrected chi connectivity index (χ1v) is 11.0. The predicted octanol–water partition coefficient (Wildman–Crippen LogP) is 0.517. The Labute approximate surface area is 165 Å². The molecule has 2 aromatic rings. The van der Waals surface area contributed by atoms with E-state index >= 15 is 0 Å². The molecule has 28 heavy (non-hydrogen) atoms. The summed E-state index contributed by atoms with van der Waals surface area (Å²) < 4.78 is 29.9. The van der Waals surface area contributed by atoms with Gasteiger partial charge in [-0.2, -0.15) is 0 Å². The van der Waals surface area contributed by atoms with Crippen molar-refractivity contribution in [3.05, 3.63) is 34.7 Å². The first-order chi connectivity index (χ1) is 13.2. The Kier molecular flexibility index (Phi) is 6.23. The number of thioether (sulfide) groups is 1. The number of carbonyl (C=O) groups excluding carboxylic acids is 1. The lowest BCUT2D eigenvalue weighted by Gasteiger charge is -2.14. The van der Waals surface area contributed by atoms with Crippen LogP contribution in [0.2, 0.25) is 0 Å². The van der Waals surface area contributed by atoms with Crippen molar-refractivity contribution in [2.24, 2.45) is 5.14 Å². The van der Waals surface area contributed by atoms with E-state index in [1.54, 1.807) is 13.0 Å². The molecular weight excluding hydrogens is 406 g/mol. The number of anilines is 1. The van der Waals surface area contributed by atoms with Crippen LogP contribution in [0.25, 0.3) is 0 Å². The van der Waals surface area contributed by atoms with E-state index in [0.717, 1.165) is 24.6 Å². The third kappa shape index (κ3) is 5.01. The van der Waals surface area contributed by atoms with Crippen molar-refractivity contribution in [3.63, 3.8) is 0 Å². The number of primary sulfonamides is 1. The quantitative estimate of drug-likeness (QED) is 0.545. The Morgan fingerprint density at radius 2 is 2.32 bits per heavy atom. The number of aromatic nitrogens is 3. The highest BCUT2D eigenvalue weighted by Gasteiger charge is 2.23. The molecule has 0 radical (unpaired) electrons. The number of ether oxygens (including phenoxy) is 1. The second-order valence-electron chi connectivity index (χ2n) is 6.38. The van der Waals surface area contributed by atoms with Crippen LogP contribution in [0.1, 0.15) is 19.8 Å². The van der Waals surface area contributed by atoms with Crippen molar-refractivity contribution in [1.29, 1.82) is 0 Å². The zero-order chi connectivity index (χ0) is 20.3. The molecule has 3 rings (SSSR count). The van der Waals surface area contributed by atoms with E-state index in [1.165, 1.54) is 22.8 Å². The van der Waals surface area contributed by atoms with Crippen LogP contribution in [0.4, 0.5) is 5.69 Å².